The summed E-state index contributed by atoms with van der Waals surface area (Å²) in [6.07, 6.45) is 6.41. The van der Waals surface area contributed by atoms with Crippen molar-refractivity contribution < 1.29 is 8.42 Å². The topological polar surface area (TPSA) is 65.2 Å². The number of nitrogens with one attached hydrogen (secondary N) is 2. The fourth-order valence-corrected chi connectivity index (χ4v) is 3.89. The summed E-state index contributed by atoms with van der Waals surface area (Å²) in [5, 5.41) is 3.38. The Balaban J connectivity index is 1.68. The van der Waals surface area contributed by atoms with E-state index in [1.54, 1.807) is 16.6 Å². The molecule has 1 aromatic heterocycles. The van der Waals surface area contributed by atoms with Gasteiger partial charge in [-0.15, -0.1) is 0 Å². The second-order valence-corrected chi connectivity index (χ2v) is 7.85. The van der Waals surface area contributed by atoms with Gasteiger partial charge in [0, 0.05) is 37.6 Å². The largest absolute Gasteiger partial charge is 0.363 e. The molecule has 20 heavy (non-hydrogen) atoms. The molecule has 2 N–H and O–H groups in total. The Bertz CT molecular complexity index is 559. The summed E-state index contributed by atoms with van der Waals surface area (Å²) in [4.78, 5) is 3.47. The molecule has 0 bridgehead atoms. The molecule has 3 rings (SSSR count). The number of aromatic amines is 1. The highest BCUT2D eigenvalue weighted by atomic mass is 32.2. The van der Waals surface area contributed by atoms with Gasteiger partial charge in [0.25, 0.3) is 0 Å². The van der Waals surface area contributed by atoms with Gasteiger partial charge in [-0.3, -0.25) is 0 Å². The second kappa shape index (κ2) is 5.50. The Hall–Kier alpha value is -0.850. The summed E-state index contributed by atoms with van der Waals surface area (Å²) in [5.41, 5.74) is 0.943. The smallest absolute Gasteiger partial charge is 0.244 e. The highest BCUT2D eigenvalue weighted by Crippen LogP contribution is 2.31. The number of hydrogen-bond acceptors (Lipinski definition) is 3. The van der Waals surface area contributed by atoms with E-state index in [1.165, 1.54) is 12.8 Å². The van der Waals surface area contributed by atoms with Crippen molar-refractivity contribution in [2.45, 2.75) is 50.1 Å². The fourth-order valence-electron chi connectivity index (χ4n) is 2.35. The van der Waals surface area contributed by atoms with E-state index >= 15 is 0 Å². The summed E-state index contributed by atoms with van der Waals surface area (Å²) >= 11 is 0. The van der Waals surface area contributed by atoms with Crippen molar-refractivity contribution in [3.05, 3.63) is 18.0 Å². The van der Waals surface area contributed by atoms with Gasteiger partial charge in [-0.25, -0.2) is 8.42 Å². The standard InChI is InChI=1S/C14H23N3O2S/c1-2-17(10-11-3-4-11)20(18,19)14-7-13(16-9-14)8-15-12-5-6-12/h7,9,11-12,15-16H,2-6,8,10H2,1H3. The van der Waals surface area contributed by atoms with E-state index in [2.05, 4.69) is 10.3 Å². The zero-order valence-electron chi connectivity index (χ0n) is 11.9. The predicted molar refractivity (Wildman–Crippen MR) is 77.8 cm³/mol. The first kappa shape index (κ1) is 14.1. The maximum atomic E-state index is 12.6. The van der Waals surface area contributed by atoms with Crippen molar-refractivity contribution in [1.29, 1.82) is 0 Å². The lowest BCUT2D eigenvalue weighted by Crippen LogP contribution is -2.32. The van der Waals surface area contributed by atoms with Crippen LogP contribution < -0.4 is 5.32 Å². The Morgan fingerprint density at radius 3 is 2.70 bits per heavy atom. The predicted octanol–water partition coefficient (Wildman–Crippen LogP) is 1.69. The molecule has 0 spiro atoms. The van der Waals surface area contributed by atoms with Gasteiger partial charge in [0.2, 0.25) is 10.0 Å². The highest BCUT2D eigenvalue weighted by Gasteiger charge is 2.31. The molecule has 112 valence electrons. The van der Waals surface area contributed by atoms with Crippen LogP contribution in [0.3, 0.4) is 0 Å². The first-order valence-electron chi connectivity index (χ1n) is 7.50. The van der Waals surface area contributed by atoms with E-state index in [-0.39, 0.29) is 0 Å². The van der Waals surface area contributed by atoms with Gasteiger partial charge in [0.15, 0.2) is 0 Å². The SMILES string of the molecule is CCN(CC1CC1)S(=O)(=O)c1c[nH]c(CNC2CC2)c1. The van der Waals surface area contributed by atoms with Gasteiger partial charge >= 0.3 is 0 Å². The Morgan fingerprint density at radius 2 is 2.10 bits per heavy atom. The lowest BCUT2D eigenvalue weighted by atomic mass is 10.4. The number of aromatic nitrogens is 1. The third kappa shape index (κ3) is 3.24. The summed E-state index contributed by atoms with van der Waals surface area (Å²) in [6, 6.07) is 2.39. The van der Waals surface area contributed by atoms with Crippen molar-refractivity contribution in [1.82, 2.24) is 14.6 Å². The maximum Gasteiger partial charge on any atom is 0.244 e. The quantitative estimate of drug-likeness (QED) is 0.767. The van der Waals surface area contributed by atoms with Crippen molar-refractivity contribution in [2.75, 3.05) is 13.1 Å². The molecule has 2 aliphatic rings. The first-order valence-corrected chi connectivity index (χ1v) is 8.94. The molecule has 0 aliphatic heterocycles. The normalized spacial score (nSPS) is 19.7. The average Bonchev–Trinajstić information content (AvgIpc) is 3.34. The molecule has 2 aliphatic carbocycles. The van der Waals surface area contributed by atoms with Gasteiger partial charge in [-0.05, 0) is 37.7 Å². The van der Waals surface area contributed by atoms with Crippen molar-refractivity contribution in [3.8, 4) is 0 Å². The summed E-state index contributed by atoms with van der Waals surface area (Å²) in [6.45, 7) is 3.83. The molecule has 0 atom stereocenters. The maximum absolute atomic E-state index is 12.6. The molecule has 1 heterocycles. The van der Waals surface area contributed by atoms with Crippen molar-refractivity contribution >= 4 is 10.0 Å². The van der Waals surface area contributed by atoms with E-state index in [4.69, 9.17) is 0 Å². The van der Waals surface area contributed by atoms with Crippen molar-refractivity contribution in [2.24, 2.45) is 5.92 Å². The minimum absolute atomic E-state index is 0.396. The first-order chi connectivity index (χ1) is 9.59. The Kier molecular flexibility index (Phi) is 3.88. The number of rotatable bonds is 8. The molecule has 6 heteroatoms. The molecular weight excluding hydrogens is 274 g/mol. The van der Waals surface area contributed by atoms with Crippen LogP contribution in [0.1, 0.15) is 38.3 Å². The van der Waals surface area contributed by atoms with Crippen LogP contribution >= 0.6 is 0 Å². The van der Waals surface area contributed by atoms with Crippen molar-refractivity contribution in [3.63, 3.8) is 0 Å². The number of H-pyrrole nitrogens is 1. The molecule has 0 saturated heterocycles. The van der Waals surface area contributed by atoms with Crippen LogP contribution in [0.25, 0.3) is 0 Å². The zero-order valence-corrected chi connectivity index (χ0v) is 12.7. The third-order valence-corrected chi connectivity index (χ3v) is 5.94. The van der Waals surface area contributed by atoms with Gasteiger partial charge in [0.1, 0.15) is 0 Å². The lowest BCUT2D eigenvalue weighted by Gasteiger charge is -2.19. The number of nitrogens with zero attached hydrogens (tertiary/aromatic N) is 1. The van der Waals surface area contributed by atoms with Crippen LogP contribution in [0.4, 0.5) is 0 Å². The third-order valence-electron chi connectivity index (χ3n) is 4.02. The van der Waals surface area contributed by atoms with Gasteiger partial charge in [-0.1, -0.05) is 6.92 Å². The van der Waals surface area contributed by atoms with E-state index in [1.807, 2.05) is 6.92 Å². The van der Waals surface area contributed by atoms with Gasteiger partial charge in [-0.2, -0.15) is 4.31 Å². The lowest BCUT2D eigenvalue weighted by molar-refractivity contribution is 0.412. The van der Waals surface area contributed by atoms with Gasteiger partial charge < -0.3 is 10.3 Å². The minimum Gasteiger partial charge on any atom is -0.363 e. The Labute approximate surface area is 120 Å². The van der Waals surface area contributed by atoms with Crippen LogP contribution in [0.15, 0.2) is 17.2 Å². The fraction of sp³-hybridized carbons (Fsp3) is 0.714. The molecule has 0 aromatic carbocycles. The van der Waals surface area contributed by atoms with Crippen LogP contribution in [-0.4, -0.2) is 36.8 Å². The average molecular weight is 297 g/mol. The number of sulfonamides is 1. The van der Waals surface area contributed by atoms with E-state index in [9.17, 15) is 8.42 Å². The summed E-state index contributed by atoms with van der Waals surface area (Å²) in [7, 11) is -3.33. The summed E-state index contributed by atoms with van der Waals surface area (Å²) in [5.74, 6) is 0.569. The molecule has 0 amide bonds. The Morgan fingerprint density at radius 1 is 1.35 bits per heavy atom. The van der Waals surface area contributed by atoms with Crippen LogP contribution in [-0.2, 0) is 16.6 Å². The molecular formula is C14H23N3O2S. The zero-order chi connectivity index (χ0) is 14.2. The van der Waals surface area contributed by atoms with E-state index < -0.39 is 10.0 Å². The monoisotopic (exact) mass is 297 g/mol. The molecule has 2 saturated carbocycles. The van der Waals surface area contributed by atoms with E-state index in [0.717, 1.165) is 25.1 Å². The van der Waals surface area contributed by atoms with E-state index in [0.29, 0.717) is 29.9 Å². The number of hydrogen-bond donors (Lipinski definition) is 2. The molecule has 2 fully saturated rings. The van der Waals surface area contributed by atoms with Crippen LogP contribution in [0.5, 0.6) is 0 Å². The van der Waals surface area contributed by atoms with Crippen LogP contribution in [0.2, 0.25) is 0 Å². The summed E-state index contributed by atoms with van der Waals surface area (Å²) < 4.78 is 26.8. The van der Waals surface area contributed by atoms with Crippen LogP contribution in [0, 0.1) is 5.92 Å². The van der Waals surface area contributed by atoms with Gasteiger partial charge in [0.05, 0.1) is 4.90 Å². The molecule has 0 radical (unpaired) electrons. The second-order valence-electron chi connectivity index (χ2n) is 5.91. The molecule has 0 unspecified atom stereocenters. The minimum atomic E-state index is -3.33. The molecule has 5 nitrogen and oxygen atoms in total. The molecule has 1 aromatic rings. The highest BCUT2D eigenvalue weighted by molar-refractivity contribution is 7.89.